The molecule has 0 aliphatic rings. The van der Waals surface area contributed by atoms with Gasteiger partial charge >= 0.3 is 0 Å². The van der Waals surface area contributed by atoms with Crippen molar-refractivity contribution in [3.63, 3.8) is 0 Å². The topological polar surface area (TPSA) is 86.8 Å². The molecule has 0 heterocycles. The number of nitrogens with zero attached hydrogens (tertiary/aromatic N) is 2. The van der Waals surface area contributed by atoms with Gasteiger partial charge in [-0.2, -0.15) is 0 Å². The number of sulfonamides is 1. The van der Waals surface area contributed by atoms with Crippen LogP contribution in [0.15, 0.2) is 72.8 Å². The Kier molecular flexibility index (Phi) is 10.2. The van der Waals surface area contributed by atoms with Crippen LogP contribution in [0, 0.1) is 6.92 Å². The van der Waals surface area contributed by atoms with Crippen molar-refractivity contribution in [3.05, 3.63) is 99.5 Å². The molecule has 10 heteroatoms. The van der Waals surface area contributed by atoms with E-state index in [1.54, 1.807) is 13.0 Å². The summed E-state index contributed by atoms with van der Waals surface area (Å²) >= 11 is 12.5. The van der Waals surface area contributed by atoms with Gasteiger partial charge in [0, 0.05) is 19.5 Å². The molecule has 0 saturated heterocycles. The normalized spacial score (nSPS) is 12.0. The molecule has 3 rings (SSSR count). The van der Waals surface area contributed by atoms with Gasteiger partial charge < -0.3 is 10.2 Å². The SMILES string of the molecule is CCNC(=O)[C@H](Cc1ccccc1)N(Cc1cccc(C)c1)C(=O)CN(c1cccc(Cl)c1Cl)S(C)(=O)=O. The molecule has 2 amide bonds. The Labute approximate surface area is 234 Å². The van der Waals surface area contributed by atoms with Crippen molar-refractivity contribution >= 4 is 50.7 Å². The van der Waals surface area contributed by atoms with Gasteiger partial charge in [-0.3, -0.25) is 13.9 Å². The average Bonchev–Trinajstić information content (AvgIpc) is 2.86. The number of halogens is 2. The molecule has 0 radical (unpaired) electrons. The van der Waals surface area contributed by atoms with Crippen LogP contribution in [0.1, 0.15) is 23.6 Å². The third kappa shape index (κ3) is 7.72. The van der Waals surface area contributed by atoms with Crippen LogP contribution in [0.3, 0.4) is 0 Å². The smallest absolute Gasteiger partial charge is 0.244 e. The van der Waals surface area contributed by atoms with Crippen molar-refractivity contribution in [1.82, 2.24) is 10.2 Å². The summed E-state index contributed by atoms with van der Waals surface area (Å²) in [5.74, 6) is -0.885. The second kappa shape index (κ2) is 13.1. The first-order valence-electron chi connectivity index (χ1n) is 12.1. The molecule has 0 fully saturated rings. The fourth-order valence-corrected chi connectivity index (χ4v) is 5.44. The molecule has 0 aliphatic carbocycles. The molecule has 0 spiro atoms. The van der Waals surface area contributed by atoms with Gasteiger partial charge in [-0.05, 0) is 37.1 Å². The number of anilines is 1. The highest BCUT2D eigenvalue weighted by atomic mass is 35.5. The summed E-state index contributed by atoms with van der Waals surface area (Å²) in [5, 5.41) is 3.00. The molecule has 7 nitrogen and oxygen atoms in total. The largest absolute Gasteiger partial charge is 0.355 e. The Morgan fingerprint density at radius 1 is 0.947 bits per heavy atom. The van der Waals surface area contributed by atoms with Crippen molar-refractivity contribution in [3.8, 4) is 0 Å². The zero-order valence-corrected chi connectivity index (χ0v) is 23.9. The van der Waals surface area contributed by atoms with E-state index in [0.717, 1.165) is 27.3 Å². The second-order valence-corrected chi connectivity index (χ2v) is 11.6. The monoisotopic (exact) mass is 575 g/mol. The van der Waals surface area contributed by atoms with Crippen LogP contribution in [0.2, 0.25) is 10.0 Å². The Bertz CT molecular complexity index is 1380. The third-order valence-corrected chi connectivity index (χ3v) is 7.87. The lowest BCUT2D eigenvalue weighted by molar-refractivity contribution is -0.140. The lowest BCUT2D eigenvalue weighted by Gasteiger charge is -2.33. The Morgan fingerprint density at radius 2 is 1.61 bits per heavy atom. The minimum atomic E-state index is -3.94. The van der Waals surface area contributed by atoms with Crippen molar-refractivity contribution in [2.45, 2.75) is 32.9 Å². The molecule has 0 aromatic heterocycles. The highest BCUT2D eigenvalue weighted by Crippen LogP contribution is 2.33. The van der Waals surface area contributed by atoms with E-state index in [4.69, 9.17) is 23.2 Å². The minimum absolute atomic E-state index is 0.0159. The van der Waals surface area contributed by atoms with Gasteiger partial charge in [0.2, 0.25) is 21.8 Å². The summed E-state index contributed by atoms with van der Waals surface area (Å²) in [7, 11) is -3.94. The highest BCUT2D eigenvalue weighted by Gasteiger charge is 2.33. The van der Waals surface area contributed by atoms with Crippen molar-refractivity contribution in [2.75, 3.05) is 23.7 Å². The first-order chi connectivity index (χ1) is 18.0. The Hall–Kier alpha value is -3.07. The van der Waals surface area contributed by atoms with Crippen LogP contribution >= 0.6 is 23.2 Å². The number of rotatable bonds is 11. The molecule has 1 atom stereocenters. The number of amides is 2. The number of hydrogen-bond acceptors (Lipinski definition) is 4. The number of likely N-dealkylation sites (N-methyl/N-ethyl adjacent to an activating group) is 1. The maximum atomic E-state index is 14.0. The van der Waals surface area contributed by atoms with Gasteiger partial charge in [-0.15, -0.1) is 0 Å². The number of hydrogen-bond donors (Lipinski definition) is 1. The maximum absolute atomic E-state index is 14.0. The zero-order chi connectivity index (χ0) is 27.9. The predicted octanol–water partition coefficient (Wildman–Crippen LogP) is 4.84. The number of benzene rings is 3. The zero-order valence-electron chi connectivity index (χ0n) is 21.5. The molecule has 3 aromatic carbocycles. The minimum Gasteiger partial charge on any atom is -0.355 e. The summed E-state index contributed by atoms with van der Waals surface area (Å²) in [4.78, 5) is 28.7. The number of carbonyl (C=O) groups is 2. The molecule has 0 saturated carbocycles. The van der Waals surface area contributed by atoms with E-state index in [1.165, 1.54) is 17.0 Å². The van der Waals surface area contributed by atoms with Crippen molar-refractivity contribution in [1.29, 1.82) is 0 Å². The van der Waals surface area contributed by atoms with Crippen LogP contribution in [0.25, 0.3) is 0 Å². The average molecular weight is 577 g/mol. The number of aryl methyl sites for hydroxylation is 1. The van der Waals surface area contributed by atoms with E-state index in [9.17, 15) is 18.0 Å². The van der Waals surface area contributed by atoms with Gasteiger partial charge in [-0.25, -0.2) is 8.42 Å². The fraction of sp³-hybridized carbons (Fsp3) is 0.286. The van der Waals surface area contributed by atoms with Gasteiger partial charge in [0.15, 0.2) is 0 Å². The molecule has 0 aliphatic heterocycles. The third-order valence-electron chi connectivity index (χ3n) is 5.94. The number of nitrogens with one attached hydrogen (secondary N) is 1. The van der Waals surface area contributed by atoms with Gasteiger partial charge in [-0.1, -0.05) is 89.4 Å². The first kappa shape index (κ1) is 29.5. The van der Waals surface area contributed by atoms with Crippen molar-refractivity contribution < 1.29 is 18.0 Å². The molecule has 38 heavy (non-hydrogen) atoms. The van der Waals surface area contributed by atoms with E-state index in [0.29, 0.717) is 6.54 Å². The lowest BCUT2D eigenvalue weighted by Crippen LogP contribution is -2.53. The van der Waals surface area contributed by atoms with Gasteiger partial charge in [0.1, 0.15) is 12.6 Å². The summed E-state index contributed by atoms with van der Waals surface area (Å²) in [6, 6.07) is 20.7. The fourth-order valence-electron chi connectivity index (χ4n) is 4.13. The summed E-state index contributed by atoms with van der Waals surface area (Å²) in [6.45, 7) is 3.67. The van der Waals surface area contributed by atoms with E-state index >= 15 is 0 Å². The molecule has 0 unspecified atom stereocenters. The Balaban J connectivity index is 2.07. The molecular formula is C28H31Cl2N3O4S. The van der Waals surface area contributed by atoms with Crippen LogP contribution in [-0.4, -0.2) is 50.5 Å². The van der Waals surface area contributed by atoms with E-state index < -0.39 is 28.5 Å². The predicted molar refractivity (Wildman–Crippen MR) is 153 cm³/mol. The standard InChI is InChI=1S/C28H31Cl2N3O4S/c1-4-31-28(35)25(17-21-11-6-5-7-12-21)32(18-22-13-8-10-20(2)16-22)26(34)19-33(38(3,36)37)24-15-9-14-23(29)27(24)30/h5-16,25H,4,17-19H2,1-3H3,(H,31,35)/t25-/m0/s1. The van der Waals surface area contributed by atoms with E-state index in [1.807, 2.05) is 61.5 Å². The quantitative estimate of drug-likeness (QED) is 0.354. The van der Waals surface area contributed by atoms with Crippen LogP contribution in [0.5, 0.6) is 0 Å². The summed E-state index contributed by atoms with van der Waals surface area (Å²) in [6.07, 6.45) is 1.24. The van der Waals surface area contributed by atoms with Crippen molar-refractivity contribution in [2.24, 2.45) is 0 Å². The molecular weight excluding hydrogens is 545 g/mol. The summed E-state index contributed by atoms with van der Waals surface area (Å²) < 4.78 is 26.6. The first-order valence-corrected chi connectivity index (χ1v) is 14.7. The van der Waals surface area contributed by atoms with Crippen LogP contribution < -0.4 is 9.62 Å². The molecule has 3 aromatic rings. The van der Waals surface area contributed by atoms with Crippen LogP contribution in [-0.2, 0) is 32.6 Å². The molecule has 1 N–H and O–H groups in total. The molecule has 202 valence electrons. The van der Waals surface area contributed by atoms with E-state index in [2.05, 4.69) is 5.32 Å². The number of carbonyl (C=O) groups excluding carboxylic acids is 2. The van der Waals surface area contributed by atoms with Gasteiger partial charge in [0.25, 0.3) is 0 Å². The van der Waals surface area contributed by atoms with E-state index in [-0.39, 0.29) is 34.6 Å². The second-order valence-electron chi connectivity index (χ2n) is 8.95. The van der Waals surface area contributed by atoms with Gasteiger partial charge in [0.05, 0.1) is 22.0 Å². The maximum Gasteiger partial charge on any atom is 0.244 e. The molecule has 0 bridgehead atoms. The highest BCUT2D eigenvalue weighted by molar-refractivity contribution is 7.92. The Morgan fingerprint density at radius 3 is 2.24 bits per heavy atom. The summed E-state index contributed by atoms with van der Waals surface area (Å²) in [5.41, 5.74) is 2.76. The lowest BCUT2D eigenvalue weighted by atomic mass is 10.0. The van der Waals surface area contributed by atoms with Crippen LogP contribution in [0.4, 0.5) is 5.69 Å².